The van der Waals surface area contributed by atoms with Crippen molar-refractivity contribution in [3.8, 4) is 5.75 Å². The number of aliphatic hydroxyl groups excluding tert-OH is 1. The number of benzene rings is 1. The van der Waals surface area contributed by atoms with Crippen LogP contribution in [0, 0.1) is 6.92 Å². The molecule has 1 N–H and O–H groups in total. The van der Waals surface area contributed by atoms with Gasteiger partial charge >= 0.3 is 0 Å². The highest BCUT2D eigenvalue weighted by molar-refractivity contribution is 5.84. The Labute approximate surface area is 106 Å². The molecule has 0 spiro atoms. The van der Waals surface area contributed by atoms with Gasteiger partial charge < -0.3 is 9.84 Å². The largest absolute Gasteiger partial charge is 0.485 e. The van der Waals surface area contributed by atoms with Crippen molar-refractivity contribution in [2.75, 3.05) is 0 Å². The Morgan fingerprint density at radius 1 is 1.39 bits per heavy atom. The van der Waals surface area contributed by atoms with E-state index in [1.165, 1.54) is 5.56 Å². The molecule has 1 unspecified atom stereocenters. The number of rotatable bonds is 0. The fourth-order valence-electron chi connectivity index (χ4n) is 2.41. The maximum Gasteiger partial charge on any atom is 0.129 e. The molecule has 0 aliphatic carbocycles. The molecule has 0 saturated carbocycles. The number of aryl methyl sites for hydroxylation is 1. The maximum atomic E-state index is 10.1. The molecule has 2 heterocycles. The van der Waals surface area contributed by atoms with Crippen LogP contribution in [0.15, 0.2) is 24.4 Å². The van der Waals surface area contributed by atoms with Gasteiger partial charge in [0.1, 0.15) is 11.4 Å². The van der Waals surface area contributed by atoms with Crippen LogP contribution in [0.4, 0.5) is 0 Å². The summed E-state index contributed by atoms with van der Waals surface area (Å²) in [6.07, 6.45) is 1.95. The van der Waals surface area contributed by atoms with E-state index < -0.39 is 11.7 Å². The first-order valence-corrected chi connectivity index (χ1v) is 6.23. The second-order valence-electron chi connectivity index (χ2n) is 5.53. The van der Waals surface area contributed by atoms with Crippen LogP contribution < -0.4 is 4.74 Å². The molecule has 1 aromatic heterocycles. The van der Waals surface area contributed by atoms with E-state index in [0.29, 0.717) is 6.42 Å². The SMILES string of the molecule is Cc1ccnc2cc3c(cc12)OC(C)(C)C(O)C3. The van der Waals surface area contributed by atoms with Crippen molar-refractivity contribution in [3.63, 3.8) is 0 Å². The highest BCUT2D eigenvalue weighted by Gasteiger charge is 2.35. The number of hydrogen-bond donors (Lipinski definition) is 1. The van der Waals surface area contributed by atoms with Crippen LogP contribution in [0.1, 0.15) is 25.0 Å². The third kappa shape index (κ3) is 1.66. The van der Waals surface area contributed by atoms with Gasteiger partial charge in [-0.05, 0) is 50.1 Å². The van der Waals surface area contributed by atoms with Gasteiger partial charge in [-0.1, -0.05) is 0 Å². The molecule has 0 fully saturated rings. The molecule has 0 saturated heterocycles. The lowest BCUT2D eigenvalue weighted by atomic mass is 9.90. The summed E-state index contributed by atoms with van der Waals surface area (Å²) in [7, 11) is 0. The Morgan fingerprint density at radius 2 is 2.17 bits per heavy atom. The molecule has 18 heavy (non-hydrogen) atoms. The number of hydrogen-bond acceptors (Lipinski definition) is 3. The minimum Gasteiger partial charge on any atom is -0.485 e. The van der Waals surface area contributed by atoms with Gasteiger partial charge in [-0.2, -0.15) is 0 Å². The molecule has 94 valence electrons. The molecular formula is C15H17NO2. The first-order chi connectivity index (χ1) is 8.47. The number of pyridine rings is 1. The molecule has 0 radical (unpaired) electrons. The van der Waals surface area contributed by atoms with Gasteiger partial charge in [0.2, 0.25) is 0 Å². The van der Waals surface area contributed by atoms with Crippen molar-refractivity contribution in [1.29, 1.82) is 0 Å². The highest BCUT2D eigenvalue weighted by Crippen LogP contribution is 2.36. The molecule has 3 heteroatoms. The number of aromatic nitrogens is 1. The summed E-state index contributed by atoms with van der Waals surface area (Å²) in [6, 6.07) is 6.06. The van der Waals surface area contributed by atoms with Crippen molar-refractivity contribution >= 4 is 10.9 Å². The molecule has 3 nitrogen and oxygen atoms in total. The van der Waals surface area contributed by atoms with Gasteiger partial charge in [-0.25, -0.2) is 0 Å². The second kappa shape index (κ2) is 3.69. The van der Waals surface area contributed by atoms with Gasteiger partial charge in [-0.3, -0.25) is 4.98 Å². The number of aliphatic hydroxyl groups is 1. The maximum absolute atomic E-state index is 10.1. The fourth-order valence-corrected chi connectivity index (χ4v) is 2.41. The Kier molecular flexibility index (Phi) is 2.35. The lowest BCUT2D eigenvalue weighted by Crippen LogP contribution is -2.46. The van der Waals surface area contributed by atoms with E-state index in [2.05, 4.69) is 11.9 Å². The Morgan fingerprint density at radius 3 is 2.94 bits per heavy atom. The lowest BCUT2D eigenvalue weighted by Gasteiger charge is -2.37. The van der Waals surface area contributed by atoms with Crippen LogP contribution in [0.5, 0.6) is 5.75 Å². The minimum absolute atomic E-state index is 0.479. The quantitative estimate of drug-likeness (QED) is 0.773. The number of fused-ring (bicyclic) bond motifs is 2. The van der Waals surface area contributed by atoms with Crippen molar-refractivity contribution in [1.82, 2.24) is 4.98 Å². The van der Waals surface area contributed by atoms with E-state index in [1.54, 1.807) is 0 Å². The zero-order valence-corrected chi connectivity index (χ0v) is 10.9. The minimum atomic E-state index is -0.531. The van der Waals surface area contributed by atoms with Gasteiger partial charge in [0.05, 0.1) is 11.6 Å². The van der Waals surface area contributed by atoms with Crippen LogP contribution in [-0.2, 0) is 6.42 Å². The predicted octanol–water partition coefficient (Wildman–Crippen LogP) is 2.62. The molecule has 0 amide bonds. The summed E-state index contributed by atoms with van der Waals surface area (Å²) in [6.45, 7) is 5.90. The standard InChI is InChI=1S/C15H17NO2/c1-9-4-5-16-12-6-10-7-14(17)15(2,3)18-13(10)8-11(9)12/h4-6,8,14,17H,7H2,1-3H3. The van der Waals surface area contributed by atoms with Crippen LogP contribution in [0.25, 0.3) is 10.9 Å². The first-order valence-electron chi connectivity index (χ1n) is 6.23. The zero-order valence-electron chi connectivity index (χ0n) is 10.9. The monoisotopic (exact) mass is 243 g/mol. The van der Waals surface area contributed by atoms with Crippen molar-refractivity contribution in [2.45, 2.75) is 38.9 Å². The van der Waals surface area contributed by atoms with Crippen LogP contribution in [-0.4, -0.2) is 21.8 Å². The van der Waals surface area contributed by atoms with Crippen LogP contribution >= 0.6 is 0 Å². The molecular weight excluding hydrogens is 226 g/mol. The molecule has 1 aromatic carbocycles. The van der Waals surface area contributed by atoms with E-state index in [0.717, 1.165) is 22.2 Å². The summed E-state index contributed by atoms with van der Waals surface area (Å²) in [4.78, 5) is 4.37. The van der Waals surface area contributed by atoms with Crippen molar-refractivity contribution in [2.24, 2.45) is 0 Å². The third-order valence-electron chi connectivity index (χ3n) is 3.73. The topological polar surface area (TPSA) is 42.4 Å². The molecule has 0 bridgehead atoms. The Balaban J connectivity index is 2.21. The highest BCUT2D eigenvalue weighted by atomic mass is 16.5. The number of nitrogens with zero attached hydrogens (tertiary/aromatic N) is 1. The Hall–Kier alpha value is -1.61. The lowest BCUT2D eigenvalue weighted by molar-refractivity contribution is -0.0410. The molecule has 1 aliphatic heterocycles. The van der Waals surface area contributed by atoms with Gasteiger partial charge in [0.15, 0.2) is 0 Å². The van der Waals surface area contributed by atoms with E-state index in [-0.39, 0.29) is 0 Å². The summed E-state index contributed by atoms with van der Waals surface area (Å²) in [5.41, 5.74) is 2.66. The second-order valence-corrected chi connectivity index (χ2v) is 5.53. The van der Waals surface area contributed by atoms with Crippen LogP contribution in [0.3, 0.4) is 0 Å². The normalized spacial score (nSPS) is 21.4. The predicted molar refractivity (Wildman–Crippen MR) is 70.9 cm³/mol. The first kappa shape index (κ1) is 11.5. The summed E-state index contributed by atoms with van der Waals surface area (Å²) >= 11 is 0. The average Bonchev–Trinajstić information content (AvgIpc) is 2.29. The Bertz CT molecular complexity index is 619. The van der Waals surface area contributed by atoms with Gasteiger partial charge in [-0.15, -0.1) is 0 Å². The molecule has 1 atom stereocenters. The summed E-state index contributed by atoms with van der Waals surface area (Å²) < 4.78 is 5.92. The number of ether oxygens (including phenoxy) is 1. The molecule has 2 aromatic rings. The van der Waals surface area contributed by atoms with E-state index in [4.69, 9.17) is 4.74 Å². The van der Waals surface area contributed by atoms with Crippen molar-refractivity contribution < 1.29 is 9.84 Å². The third-order valence-corrected chi connectivity index (χ3v) is 3.73. The van der Waals surface area contributed by atoms with Gasteiger partial charge in [0.25, 0.3) is 0 Å². The van der Waals surface area contributed by atoms with E-state index >= 15 is 0 Å². The smallest absolute Gasteiger partial charge is 0.129 e. The molecule has 1 aliphatic rings. The summed E-state index contributed by atoms with van der Waals surface area (Å²) in [5, 5.41) is 11.2. The fraction of sp³-hybridized carbons (Fsp3) is 0.400. The summed E-state index contributed by atoms with van der Waals surface area (Å²) in [5.74, 6) is 0.869. The van der Waals surface area contributed by atoms with Crippen LogP contribution in [0.2, 0.25) is 0 Å². The average molecular weight is 243 g/mol. The van der Waals surface area contributed by atoms with E-state index in [1.807, 2.05) is 38.2 Å². The van der Waals surface area contributed by atoms with E-state index in [9.17, 15) is 5.11 Å². The molecule has 3 rings (SSSR count). The van der Waals surface area contributed by atoms with Gasteiger partial charge in [0, 0.05) is 18.0 Å². The van der Waals surface area contributed by atoms with Crippen molar-refractivity contribution in [3.05, 3.63) is 35.5 Å². The zero-order chi connectivity index (χ0) is 12.9.